The van der Waals surface area contributed by atoms with E-state index in [0.717, 1.165) is 55.0 Å². The maximum Gasteiger partial charge on any atom is 0.225 e. The molecule has 1 saturated carbocycles. The predicted octanol–water partition coefficient (Wildman–Crippen LogP) is 3.34. The number of amides is 1. The van der Waals surface area contributed by atoms with Gasteiger partial charge in [-0.15, -0.1) is 0 Å². The zero-order valence-corrected chi connectivity index (χ0v) is 18.0. The standard InChI is InChI=1S/C23H32N4O2/c1-16-20-15-29-23(2,3)13-18(20)19(14-24)21(25-16)26-9-11-27(12-10-26)22(28)17-7-5-4-6-8-17/h17H,4-13,15H2,1-3H3. The number of rotatable bonds is 2. The molecule has 3 heterocycles. The molecular weight excluding hydrogens is 364 g/mol. The van der Waals surface area contributed by atoms with E-state index in [1.54, 1.807) is 0 Å². The maximum atomic E-state index is 12.9. The predicted molar refractivity (Wildman–Crippen MR) is 112 cm³/mol. The second kappa shape index (κ2) is 7.95. The summed E-state index contributed by atoms with van der Waals surface area (Å²) >= 11 is 0. The number of hydrogen-bond acceptors (Lipinski definition) is 5. The first-order valence-corrected chi connectivity index (χ1v) is 11.0. The van der Waals surface area contributed by atoms with Crippen LogP contribution in [-0.4, -0.2) is 47.6 Å². The molecule has 1 aliphatic carbocycles. The van der Waals surface area contributed by atoms with Gasteiger partial charge >= 0.3 is 0 Å². The summed E-state index contributed by atoms with van der Waals surface area (Å²) < 4.78 is 5.95. The minimum Gasteiger partial charge on any atom is -0.370 e. The lowest BCUT2D eigenvalue weighted by molar-refractivity contribution is -0.136. The quantitative estimate of drug-likeness (QED) is 0.767. The third-order valence-electron chi connectivity index (χ3n) is 6.77. The SMILES string of the molecule is Cc1nc(N2CCN(C(=O)C3CCCCC3)CC2)c(C#N)c2c1COC(C)(C)C2. The fourth-order valence-corrected chi connectivity index (χ4v) is 5.01. The van der Waals surface area contributed by atoms with Crippen molar-refractivity contribution in [2.45, 2.75) is 71.5 Å². The number of piperazine rings is 1. The smallest absolute Gasteiger partial charge is 0.225 e. The van der Waals surface area contributed by atoms with E-state index in [9.17, 15) is 10.1 Å². The summed E-state index contributed by atoms with van der Waals surface area (Å²) in [4.78, 5) is 21.9. The van der Waals surface area contributed by atoms with Gasteiger partial charge in [-0.1, -0.05) is 19.3 Å². The molecule has 1 amide bonds. The molecule has 0 aromatic carbocycles. The monoisotopic (exact) mass is 396 g/mol. The Morgan fingerprint density at radius 1 is 1.14 bits per heavy atom. The summed E-state index contributed by atoms with van der Waals surface area (Å²) in [5, 5.41) is 9.95. The van der Waals surface area contributed by atoms with Gasteiger partial charge in [0.15, 0.2) is 0 Å². The summed E-state index contributed by atoms with van der Waals surface area (Å²) in [6.45, 7) is 9.56. The van der Waals surface area contributed by atoms with Crippen LogP contribution in [0, 0.1) is 24.2 Å². The normalized spacial score (nSPS) is 22.1. The molecule has 2 aliphatic heterocycles. The number of anilines is 1. The highest BCUT2D eigenvalue weighted by Gasteiger charge is 2.34. The number of aromatic nitrogens is 1. The molecule has 6 heteroatoms. The van der Waals surface area contributed by atoms with E-state index < -0.39 is 0 Å². The number of aryl methyl sites for hydroxylation is 1. The molecule has 2 fully saturated rings. The number of nitriles is 1. The first-order chi connectivity index (χ1) is 13.9. The van der Waals surface area contributed by atoms with Crippen LogP contribution in [0.15, 0.2) is 0 Å². The van der Waals surface area contributed by atoms with Gasteiger partial charge in [-0.3, -0.25) is 4.79 Å². The molecule has 1 aromatic heterocycles. The molecule has 0 unspecified atom stereocenters. The Morgan fingerprint density at radius 2 is 1.83 bits per heavy atom. The zero-order chi connectivity index (χ0) is 20.6. The van der Waals surface area contributed by atoms with Crippen molar-refractivity contribution < 1.29 is 9.53 Å². The van der Waals surface area contributed by atoms with Crippen molar-refractivity contribution in [3.05, 3.63) is 22.4 Å². The van der Waals surface area contributed by atoms with Gasteiger partial charge in [0, 0.05) is 49.8 Å². The summed E-state index contributed by atoms with van der Waals surface area (Å²) in [7, 11) is 0. The average Bonchev–Trinajstić information content (AvgIpc) is 2.73. The van der Waals surface area contributed by atoms with E-state index in [4.69, 9.17) is 9.72 Å². The van der Waals surface area contributed by atoms with E-state index in [-0.39, 0.29) is 11.5 Å². The third kappa shape index (κ3) is 3.98. The molecule has 4 rings (SSSR count). The van der Waals surface area contributed by atoms with Crippen LogP contribution in [0.25, 0.3) is 0 Å². The van der Waals surface area contributed by atoms with Crippen molar-refractivity contribution in [3.8, 4) is 6.07 Å². The van der Waals surface area contributed by atoms with Crippen LogP contribution in [0.1, 0.15) is 68.3 Å². The summed E-state index contributed by atoms with van der Waals surface area (Å²) in [5.41, 5.74) is 3.52. The van der Waals surface area contributed by atoms with Crippen LogP contribution < -0.4 is 4.90 Å². The van der Waals surface area contributed by atoms with Crippen molar-refractivity contribution >= 4 is 11.7 Å². The average molecular weight is 397 g/mol. The Kier molecular flexibility index (Phi) is 5.52. The maximum absolute atomic E-state index is 12.9. The van der Waals surface area contributed by atoms with E-state index in [1.807, 2.05) is 11.8 Å². The molecule has 3 aliphatic rings. The molecule has 0 N–H and O–H groups in total. The van der Waals surface area contributed by atoms with Gasteiger partial charge in [0.1, 0.15) is 11.9 Å². The van der Waals surface area contributed by atoms with E-state index in [0.29, 0.717) is 31.2 Å². The second-order valence-electron chi connectivity index (χ2n) is 9.34. The fourth-order valence-electron chi connectivity index (χ4n) is 5.01. The van der Waals surface area contributed by atoms with Crippen molar-refractivity contribution in [1.82, 2.24) is 9.88 Å². The van der Waals surface area contributed by atoms with E-state index >= 15 is 0 Å². The van der Waals surface area contributed by atoms with Crippen molar-refractivity contribution in [2.24, 2.45) is 5.92 Å². The number of nitrogens with zero attached hydrogens (tertiary/aromatic N) is 4. The highest BCUT2D eigenvalue weighted by atomic mass is 16.5. The molecule has 1 aromatic rings. The summed E-state index contributed by atoms with van der Waals surface area (Å²) in [6.07, 6.45) is 6.43. The topological polar surface area (TPSA) is 69.5 Å². The molecule has 0 bridgehead atoms. The Bertz CT molecular complexity index is 828. The number of carbonyl (C=O) groups is 1. The summed E-state index contributed by atoms with van der Waals surface area (Å²) in [5.74, 6) is 1.33. The lowest BCUT2D eigenvalue weighted by Crippen LogP contribution is -2.51. The van der Waals surface area contributed by atoms with Gasteiger partial charge < -0.3 is 14.5 Å². The van der Waals surface area contributed by atoms with Gasteiger partial charge in [-0.2, -0.15) is 5.26 Å². The molecule has 29 heavy (non-hydrogen) atoms. The van der Waals surface area contributed by atoms with Crippen LogP contribution in [0.2, 0.25) is 0 Å². The van der Waals surface area contributed by atoms with Gasteiger partial charge in [0.25, 0.3) is 0 Å². The fraction of sp³-hybridized carbons (Fsp3) is 0.696. The second-order valence-corrected chi connectivity index (χ2v) is 9.34. The number of ether oxygens (including phenoxy) is 1. The Labute approximate surface area is 173 Å². The molecule has 6 nitrogen and oxygen atoms in total. The van der Waals surface area contributed by atoms with Crippen LogP contribution >= 0.6 is 0 Å². The van der Waals surface area contributed by atoms with Crippen LogP contribution in [-0.2, 0) is 22.6 Å². The van der Waals surface area contributed by atoms with E-state index in [1.165, 1.54) is 19.3 Å². The minimum absolute atomic E-state index is 0.219. The molecule has 156 valence electrons. The molecule has 1 saturated heterocycles. The number of hydrogen-bond donors (Lipinski definition) is 0. The van der Waals surface area contributed by atoms with Crippen molar-refractivity contribution in [2.75, 3.05) is 31.1 Å². The summed E-state index contributed by atoms with van der Waals surface area (Å²) in [6, 6.07) is 2.43. The Morgan fingerprint density at radius 3 is 2.48 bits per heavy atom. The Hall–Kier alpha value is -2.13. The minimum atomic E-state index is -0.269. The largest absolute Gasteiger partial charge is 0.370 e. The van der Waals surface area contributed by atoms with Crippen LogP contribution in [0.5, 0.6) is 0 Å². The lowest BCUT2D eigenvalue weighted by atomic mass is 9.88. The van der Waals surface area contributed by atoms with Gasteiger partial charge in [-0.05, 0) is 39.2 Å². The van der Waals surface area contributed by atoms with Crippen molar-refractivity contribution in [3.63, 3.8) is 0 Å². The lowest BCUT2D eigenvalue weighted by Gasteiger charge is -2.39. The number of fused-ring (bicyclic) bond motifs is 1. The first kappa shape index (κ1) is 20.2. The van der Waals surface area contributed by atoms with Crippen LogP contribution in [0.4, 0.5) is 5.82 Å². The highest BCUT2D eigenvalue weighted by Crippen LogP contribution is 2.35. The number of carbonyl (C=O) groups excluding carboxylic acids is 1. The first-order valence-electron chi connectivity index (χ1n) is 11.0. The zero-order valence-electron chi connectivity index (χ0n) is 18.0. The third-order valence-corrected chi connectivity index (χ3v) is 6.77. The van der Waals surface area contributed by atoms with Gasteiger partial charge in [-0.25, -0.2) is 4.98 Å². The molecule has 0 spiro atoms. The van der Waals surface area contributed by atoms with Gasteiger partial charge in [0.2, 0.25) is 5.91 Å². The van der Waals surface area contributed by atoms with Crippen molar-refractivity contribution in [1.29, 1.82) is 5.26 Å². The molecule has 0 radical (unpaired) electrons. The van der Waals surface area contributed by atoms with E-state index in [2.05, 4.69) is 24.8 Å². The van der Waals surface area contributed by atoms with Gasteiger partial charge in [0.05, 0.1) is 17.8 Å². The molecular formula is C23H32N4O2. The van der Waals surface area contributed by atoms with Crippen LogP contribution in [0.3, 0.4) is 0 Å². The number of pyridine rings is 1. The highest BCUT2D eigenvalue weighted by molar-refractivity contribution is 5.79. The molecule has 0 atom stereocenters. The Balaban J connectivity index is 1.52.